The summed E-state index contributed by atoms with van der Waals surface area (Å²) in [6, 6.07) is -0.587. The van der Waals surface area contributed by atoms with Crippen molar-refractivity contribution in [2.75, 3.05) is 13.2 Å². The molecule has 0 aliphatic heterocycles. The molecule has 0 aliphatic rings. The fraction of sp³-hybridized carbons (Fsp3) is 0.862. The summed E-state index contributed by atoms with van der Waals surface area (Å²) in [5.74, 6) is -0.142. The summed E-state index contributed by atoms with van der Waals surface area (Å²) in [6.07, 6.45) is 65.8. The predicted molar refractivity (Wildman–Crippen MR) is 278 cm³/mol. The highest BCUT2D eigenvalue weighted by Crippen LogP contribution is 2.17. The van der Waals surface area contributed by atoms with E-state index in [1.54, 1.807) is 0 Å². The highest BCUT2D eigenvalue weighted by Gasteiger charge is 2.19. The van der Waals surface area contributed by atoms with Crippen LogP contribution in [0.3, 0.4) is 0 Å². The maximum Gasteiger partial charge on any atom is 0.305 e. The Hall–Kier alpha value is -1.92. The van der Waals surface area contributed by atoms with Crippen molar-refractivity contribution in [3.8, 4) is 0 Å². The van der Waals surface area contributed by atoms with Gasteiger partial charge in [-0.2, -0.15) is 0 Å². The monoisotopic (exact) mass is 900 g/mol. The number of aliphatic hydroxyl groups excluding tert-OH is 2. The first-order valence-electron chi connectivity index (χ1n) is 28.2. The van der Waals surface area contributed by atoms with E-state index < -0.39 is 12.1 Å². The molecule has 0 heterocycles. The lowest BCUT2D eigenvalue weighted by atomic mass is 10.0. The van der Waals surface area contributed by atoms with Crippen LogP contribution in [0.25, 0.3) is 0 Å². The van der Waals surface area contributed by atoms with Gasteiger partial charge in [-0.1, -0.05) is 256 Å². The number of hydrogen-bond donors (Lipinski definition) is 3. The van der Waals surface area contributed by atoms with Crippen molar-refractivity contribution in [3.63, 3.8) is 0 Å². The smallest absolute Gasteiger partial charge is 0.305 e. The number of carbonyl (C=O) groups is 2. The Morgan fingerprint density at radius 1 is 0.438 bits per heavy atom. The topological polar surface area (TPSA) is 95.9 Å². The molecule has 6 nitrogen and oxygen atoms in total. The summed E-state index contributed by atoms with van der Waals surface area (Å²) in [4.78, 5) is 24.4. The molecule has 0 aromatic rings. The van der Waals surface area contributed by atoms with Crippen LogP contribution in [0, 0.1) is 0 Å². The molecule has 3 N–H and O–H groups in total. The second-order valence-electron chi connectivity index (χ2n) is 19.3. The van der Waals surface area contributed by atoms with Gasteiger partial charge in [0.25, 0.3) is 0 Å². The van der Waals surface area contributed by atoms with Gasteiger partial charge in [-0.3, -0.25) is 9.59 Å². The Morgan fingerprint density at radius 3 is 1.28 bits per heavy atom. The van der Waals surface area contributed by atoms with Crippen molar-refractivity contribution >= 4 is 11.9 Å². The van der Waals surface area contributed by atoms with Gasteiger partial charge in [-0.25, -0.2) is 0 Å². The Bertz CT molecular complexity index is 1040. The number of esters is 1. The zero-order chi connectivity index (χ0) is 46.5. The van der Waals surface area contributed by atoms with Crippen LogP contribution >= 0.6 is 0 Å². The molecule has 1 amide bonds. The van der Waals surface area contributed by atoms with E-state index >= 15 is 0 Å². The molecule has 0 aliphatic carbocycles. The summed E-state index contributed by atoms with van der Waals surface area (Å²) in [5, 5.41) is 23.3. The van der Waals surface area contributed by atoms with E-state index in [-0.39, 0.29) is 18.5 Å². The lowest BCUT2D eigenvalue weighted by molar-refractivity contribution is -0.143. The van der Waals surface area contributed by atoms with Gasteiger partial charge in [0.05, 0.1) is 25.4 Å². The third kappa shape index (κ3) is 49.5. The number of rotatable bonds is 52. The Labute approximate surface area is 398 Å². The quantitative estimate of drug-likeness (QED) is 0.0321. The number of ether oxygens (including phenoxy) is 1. The van der Waals surface area contributed by atoms with Crippen molar-refractivity contribution in [1.82, 2.24) is 5.32 Å². The molecule has 6 heteroatoms. The van der Waals surface area contributed by atoms with Crippen molar-refractivity contribution in [1.29, 1.82) is 0 Å². The predicted octanol–water partition coefficient (Wildman–Crippen LogP) is 17.2. The van der Waals surface area contributed by atoms with Crippen LogP contribution in [0.4, 0.5) is 0 Å². The van der Waals surface area contributed by atoms with Crippen LogP contribution in [-0.2, 0) is 14.3 Å². The van der Waals surface area contributed by atoms with E-state index in [0.717, 1.165) is 51.4 Å². The molecule has 376 valence electrons. The minimum Gasteiger partial charge on any atom is -0.466 e. The van der Waals surface area contributed by atoms with E-state index in [2.05, 4.69) is 49.5 Å². The molecule has 64 heavy (non-hydrogen) atoms. The number of nitrogens with one attached hydrogen (secondary N) is 1. The molecule has 0 rings (SSSR count). The van der Waals surface area contributed by atoms with E-state index in [1.165, 1.54) is 205 Å². The number of carbonyl (C=O) groups excluding carboxylic acids is 2. The van der Waals surface area contributed by atoms with Gasteiger partial charge < -0.3 is 20.3 Å². The molecule has 0 aromatic heterocycles. The van der Waals surface area contributed by atoms with Crippen LogP contribution in [-0.4, -0.2) is 47.4 Å². The molecule has 0 saturated carbocycles. The molecule has 0 bridgehead atoms. The maximum atomic E-state index is 12.5. The highest BCUT2D eigenvalue weighted by molar-refractivity contribution is 5.76. The number of amides is 1. The van der Waals surface area contributed by atoms with E-state index in [0.29, 0.717) is 32.3 Å². The second kappa shape index (κ2) is 53.7. The first-order chi connectivity index (χ1) is 31.5. The first-order valence-corrected chi connectivity index (χ1v) is 28.2. The average molecular weight is 901 g/mol. The number of hydrogen-bond acceptors (Lipinski definition) is 5. The van der Waals surface area contributed by atoms with Gasteiger partial charge >= 0.3 is 5.97 Å². The molecule has 2 atom stereocenters. The molecular weight excluding hydrogens is 791 g/mol. The lowest BCUT2D eigenvalue weighted by Gasteiger charge is -2.22. The molecule has 0 fully saturated rings. The van der Waals surface area contributed by atoms with Gasteiger partial charge in [-0.05, 0) is 64.2 Å². The molecule has 2 unspecified atom stereocenters. The van der Waals surface area contributed by atoms with Crippen molar-refractivity contribution in [3.05, 3.63) is 36.5 Å². The molecule has 0 aromatic carbocycles. The second-order valence-corrected chi connectivity index (χ2v) is 19.3. The van der Waals surface area contributed by atoms with Crippen LogP contribution in [0.15, 0.2) is 36.5 Å². The summed E-state index contributed by atoms with van der Waals surface area (Å²) in [6.45, 7) is 4.86. The fourth-order valence-corrected chi connectivity index (χ4v) is 8.55. The largest absolute Gasteiger partial charge is 0.466 e. The van der Waals surface area contributed by atoms with Crippen molar-refractivity contribution in [2.45, 2.75) is 309 Å². The van der Waals surface area contributed by atoms with Gasteiger partial charge in [0.1, 0.15) is 0 Å². The molecular formula is C58H109NO5. The summed E-state index contributed by atoms with van der Waals surface area (Å²) in [5.41, 5.74) is 0. The van der Waals surface area contributed by atoms with Crippen molar-refractivity contribution in [2.24, 2.45) is 0 Å². The van der Waals surface area contributed by atoms with Crippen molar-refractivity contribution < 1.29 is 24.5 Å². The third-order valence-corrected chi connectivity index (χ3v) is 12.9. The highest BCUT2D eigenvalue weighted by atomic mass is 16.5. The third-order valence-electron chi connectivity index (χ3n) is 12.9. The van der Waals surface area contributed by atoms with E-state index in [4.69, 9.17) is 4.74 Å². The molecule has 0 spiro atoms. The van der Waals surface area contributed by atoms with Gasteiger partial charge in [0.2, 0.25) is 5.91 Å². The van der Waals surface area contributed by atoms with Crippen LogP contribution in [0.1, 0.15) is 296 Å². The standard InChI is InChI=1S/C58H109NO5/c1-3-5-7-9-11-13-15-16-17-18-19-20-21-22-23-24-25-27-31-34-38-42-46-50-56(61)55(54-60)59-57(62)51-47-43-39-35-32-28-26-29-33-37-41-45-49-53-64-58(63)52-48-44-40-36-30-14-12-10-8-6-4-2/h10,12,28,32,39,43,55-56,60-61H,3-9,11,13-27,29-31,33-38,40-42,44-54H2,1-2H3,(H,59,62)/b12-10-,32-28-,43-39-. The Kier molecular flexibility index (Phi) is 52.1. The van der Waals surface area contributed by atoms with Crippen LogP contribution < -0.4 is 5.32 Å². The van der Waals surface area contributed by atoms with Gasteiger partial charge in [-0.15, -0.1) is 0 Å². The Balaban J connectivity index is 3.54. The SMILES string of the molecule is CCCC/C=C\CCCCCCCC(=O)OCCCCCCCC/C=C\C/C=C\CCC(=O)NC(CO)C(O)CCCCCCCCCCCCCCCCCCCCCCCCC. The summed E-state index contributed by atoms with van der Waals surface area (Å²) in [7, 11) is 0. The van der Waals surface area contributed by atoms with E-state index in [1.807, 2.05) is 6.08 Å². The zero-order valence-electron chi connectivity index (χ0n) is 42.8. The number of allylic oxidation sites excluding steroid dienone is 6. The molecule has 0 saturated heterocycles. The summed E-state index contributed by atoms with van der Waals surface area (Å²) < 4.78 is 5.43. The van der Waals surface area contributed by atoms with E-state index in [9.17, 15) is 19.8 Å². The maximum absolute atomic E-state index is 12.5. The molecule has 0 radical (unpaired) electrons. The zero-order valence-corrected chi connectivity index (χ0v) is 42.8. The lowest BCUT2D eigenvalue weighted by Crippen LogP contribution is -2.45. The first kappa shape index (κ1) is 62.1. The Morgan fingerprint density at radius 2 is 0.812 bits per heavy atom. The van der Waals surface area contributed by atoms with Crippen LogP contribution in [0.2, 0.25) is 0 Å². The van der Waals surface area contributed by atoms with Crippen LogP contribution in [0.5, 0.6) is 0 Å². The van der Waals surface area contributed by atoms with Gasteiger partial charge in [0.15, 0.2) is 0 Å². The normalized spacial score (nSPS) is 12.9. The fourth-order valence-electron chi connectivity index (χ4n) is 8.55. The van der Waals surface area contributed by atoms with Gasteiger partial charge in [0, 0.05) is 12.8 Å². The summed E-state index contributed by atoms with van der Waals surface area (Å²) >= 11 is 0. The minimum absolute atomic E-state index is 0.0279. The number of unbranched alkanes of at least 4 members (excludes halogenated alkanes) is 35. The average Bonchev–Trinajstić information content (AvgIpc) is 3.29. The number of aliphatic hydroxyl groups is 2. The minimum atomic E-state index is -0.700.